The molecule has 1 aliphatic rings. The number of hydrogen-bond acceptors (Lipinski definition) is 6. The maximum absolute atomic E-state index is 13.5. The molecule has 1 aromatic heterocycles. The fourth-order valence-corrected chi connectivity index (χ4v) is 4.62. The lowest BCUT2D eigenvalue weighted by atomic mass is 10.2. The summed E-state index contributed by atoms with van der Waals surface area (Å²) < 4.78 is 20.8. The maximum atomic E-state index is 13.5. The molecular weight excluding hydrogens is 465 g/mol. The summed E-state index contributed by atoms with van der Waals surface area (Å²) in [7, 11) is 0. The Labute approximate surface area is 206 Å². The highest BCUT2D eigenvalue weighted by molar-refractivity contribution is 7.99. The van der Waals surface area contributed by atoms with Gasteiger partial charge in [-0.25, -0.2) is 4.39 Å². The number of rotatable bonds is 7. The van der Waals surface area contributed by atoms with Crippen LogP contribution < -0.4 is 10.2 Å². The Morgan fingerprint density at radius 1 is 0.914 bits per heavy atom. The van der Waals surface area contributed by atoms with Crippen LogP contribution in [0, 0.1) is 5.82 Å². The second-order valence-electron chi connectivity index (χ2n) is 7.97. The summed E-state index contributed by atoms with van der Waals surface area (Å²) >= 11 is 1.28. The molecule has 1 saturated heterocycles. The largest absolute Gasteiger partial charge is 0.378 e. The second kappa shape index (κ2) is 10.7. The van der Waals surface area contributed by atoms with Gasteiger partial charge >= 0.3 is 0 Å². The molecular formula is C26H24FN5O2S. The van der Waals surface area contributed by atoms with Gasteiger partial charge in [-0.3, -0.25) is 9.36 Å². The minimum Gasteiger partial charge on any atom is -0.378 e. The SMILES string of the molecule is O=C(CSc1nnc(-c2ccccc2)n1-c1ccc(F)cc1)Nc1ccc(N2CCOCC2)cc1. The van der Waals surface area contributed by atoms with Gasteiger partial charge in [0.15, 0.2) is 11.0 Å². The molecule has 1 fully saturated rings. The number of halogens is 1. The highest BCUT2D eigenvalue weighted by Crippen LogP contribution is 2.28. The first-order valence-electron chi connectivity index (χ1n) is 11.3. The third-order valence-corrected chi connectivity index (χ3v) is 6.54. The van der Waals surface area contributed by atoms with Crippen LogP contribution in [0.5, 0.6) is 0 Å². The Bertz CT molecular complexity index is 1270. The third-order valence-electron chi connectivity index (χ3n) is 5.61. The number of hydrogen-bond donors (Lipinski definition) is 1. The summed E-state index contributed by atoms with van der Waals surface area (Å²) in [5, 5.41) is 12.2. The quantitative estimate of drug-likeness (QED) is 0.382. The Hall–Kier alpha value is -3.69. The van der Waals surface area contributed by atoms with E-state index >= 15 is 0 Å². The Morgan fingerprint density at radius 3 is 2.31 bits per heavy atom. The van der Waals surface area contributed by atoms with Gasteiger partial charge in [-0.05, 0) is 48.5 Å². The molecule has 4 aromatic rings. The molecule has 1 N–H and O–H groups in total. The number of nitrogens with one attached hydrogen (secondary N) is 1. The van der Waals surface area contributed by atoms with Gasteiger partial charge in [-0.1, -0.05) is 42.1 Å². The summed E-state index contributed by atoms with van der Waals surface area (Å²) in [6, 6.07) is 23.6. The summed E-state index contributed by atoms with van der Waals surface area (Å²) in [4.78, 5) is 14.9. The summed E-state index contributed by atoms with van der Waals surface area (Å²) in [5.74, 6) is 0.304. The topological polar surface area (TPSA) is 72.3 Å². The maximum Gasteiger partial charge on any atom is 0.234 e. The van der Waals surface area contributed by atoms with Crippen molar-refractivity contribution in [3.63, 3.8) is 0 Å². The summed E-state index contributed by atoms with van der Waals surface area (Å²) in [5.41, 5.74) is 3.44. The van der Waals surface area contributed by atoms with Crippen molar-refractivity contribution in [2.45, 2.75) is 5.16 Å². The van der Waals surface area contributed by atoms with Crippen molar-refractivity contribution in [1.29, 1.82) is 0 Å². The smallest absolute Gasteiger partial charge is 0.234 e. The molecule has 1 amide bonds. The van der Waals surface area contributed by atoms with Crippen molar-refractivity contribution in [1.82, 2.24) is 14.8 Å². The number of carbonyl (C=O) groups excluding carboxylic acids is 1. The van der Waals surface area contributed by atoms with E-state index in [2.05, 4.69) is 20.4 Å². The molecule has 0 spiro atoms. The van der Waals surface area contributed by atoms with Crippen LogP contribution in [0.2, 0.25) is 0 Å². The van der Waals surface area contributed by atoms with Crippen LogP contribution in [0.15, 0.2) is 84.0 Å². The standard InChI is InChI=1S/C26H24FN5O2S/c27-20-6-10-23(11-7-20)32-25(19-4-2-1-3-5-19)29-30-26(32)35-18-24(33)28-21-8-12-22(13-9-21)31-14-16-34-17-15-31/h1-13H,14-18H2,(H,28,33). The van der Waals surface area contributed by atoms with Crippen molar-refractivity contribution in [3.8, 4) is 17.1 Å². The molecule has 178 valence electrons. The van der Waals surface area contributed by atoms with Gasteiger partial charge in [0.25, 0.3) is 0 Å². The average Bonchev–Trinajstić information content (AvgIpc) is 3.33. The molecule has 0 atom stereocenters. The highest BCUT2D eigenvalue weighted by Gasteiger charge is 2.18. The van der Waals surface area contributed by atoms with Crippen molar-refractivity contribution in [3.05, 3.63) is 84.7 Å². The second-order valence-corrected chi connectivity index (χ2v) is 8.91. The van der Waals surface area contributed by atoms with E-state index in [0.29, 0.717) is 11.0 Å². The zero-order chi connectivity index (χ0) is 24.0. The van der Waals surface area contributed by atoms with Crippen LogP contribution in [-0.4, -0.2) is 52.7 Å². The molecule has 2 heterocycles. The first-order valence-corrected chi connectivity index (χ1v) is 12.3. The lowest BCUT2D eigenvalue weighted by Gasteiger charge is -2.28. The molecule has 0 radical (unpaired) electrons. The van der Waals surface area contributed by atoms with Gasteiger partial charge in [-0.15, -0.1) is 10.2 Å². The lowest BCUT2D eigenvalue weighted by Crippen LogP contribution is -2.36. The number of amides is 1. The number of carbonyl (C=O) groups is 1. The number of morpholine rings is 1. The van der Waals surface area contributed by atoms with E-state index in [4.69, 9.17) is 4.74 Å². The predicted molar refractivity (Wildman–Crippen MR) is 136 cm³/mol. The normalized spacial score (nSPS) is 13.6. The van der Waals surface area contributed by atoms with E-state index in [1.165, 1.54) is 23.9 Å². The van der Waals surface area contributed by atoms with Crippen LogP contribution in [0.25, 0.3) is 17.1 Å². The molecule has 0 bridgehead atoms. The minimum atomic E-state index is -0.323. The van der Waals surface area contributed by atoms with Crippen molar-refractivity contribution in [2.75, 3.05) is 42.3 Å². The first kappa shape index (κ1) is 23.1. The molecule has 35 heavy (non-hydrogen) atoms. The van der Waals surface area contributed by atoms with Crippen LogP contribution in [0.3, 0.4) is 0 Å². The predicted octanol–water partition coefficient (Wildman–Crippen LogP) is 4.64. The van der Waals surface area contributed by atoms with Crippen LogP contribution >= 0.6 is 11.8 Å². The Morgan fingerprint density at radius 2 is 1.60 bits per heavy atom. The van der Waals surface area contributed by atoms with Crippen LogP contribution in [0.1, 0.15) is 0 Å². The molecule has 3 aromatic carbocycles. The highest BCUT2D eigenvalue weighted by atomic mass is 32.2. The number of anilines is 2. The van der Waals surface area contributed by atoms with Gasteiger partial charge in [-0.2, -0.15) is 0 Å². The summed E-state index contributed by atoms with van der Waals surface area (Å²) in [6.45, 7) is 3.18. The fourth-order valence-electron chi connectivity index (χ4n) is 3.86. The van der Waals surface area contributed by atoms with E-state index in [1.54, 1.807) is 12.1 Å². The van der Waals surface area contributed by atoms with E-state index in [1.807, 2.05) is 59.2 Å². The van der Waals surface area contributed by atoms with Crippen LogP contribution in [0.4, 0.5) is 15.8 Å². The van der Waals surface area contributed by atoms with Crippen molar-refractivity contribution < 1.29 is 13.9 Å². The summed E-state index contributed by atoms with van der Waals surface area (Å²) in [6.07, 6.45) is 0. The fraction of sp³-hybridized carbons (Fsp3) is 0.192. The molecule has 0 saturated carbocycles. The van der Waals surface area contributed by atoms with Crippen molar-refractivity contribution >= 4 is 29.0 Å². The zero-order valence-corrected chi connectivity index (χ0v) is 19.7. The minimum absolute atomic E-state index is 0.149. The number of aromatic nitrogens is 3. The molecule has 5 rings (SSSR count). The van der Waals surface area contributed by atoms with Gasteiger partial charge < -0.3 is 15.0 Å². The number of benzene rings is 3. The third kappa shape index (κ3) is 5.52. The van der Waals surface area contributed by atoms with E-state index in [9.17, 15) is 9.18 Å². The number of nitrogens with zero attached hydrogens (tertiary/aromatic N) is 4. The Kier molecular flexibility index (Phi) is 7.06. The first-order chi connectivity index (χ1) is 17.2. The van der Waals surface area contributed by atoms with Gasteiger partial charge in [0.1, 0.15) is 5.82 Å². The van der Waals surface area contributed by atoms with Gasteiger partial charge in [0.2, 0.25) is 5.91 Å². The van der Waals surface area contributed by atoms with E-state index in [-0.39, 0.29) is 17.5 Å². The van der Waals surface area contributed by atoms with Gasteiger partial charge in [0.05, 0.1) is 19.0 Å². The van der Waals surface area contributed by atoms with Crippen LogP contribution in [-0.2, 0) is 9.53 Å². The van der Waals surface area contributed by atoms with Gasteiger partial charge in [0, 0.05) is 35.7 Å². The molecule has 1 aliphatic heterocycles. The number of thioether (sulfide) groups is 1. The molecule has 0 aliphatic carbocycles. The monoisotopic (exact) mass is 489 g/mol. The lowest BCUT2D eigenvalue weighted by molar-refractivity contribution is -0.113. The molecule has 9 heteroatoms. The average molecular weight is 490 g/mol. The van der Waals surface area contributed by atoms with E-state index in [0.717, 1.165) is 48.9 Å². The molecule has 0 unspecified atom stereocenters. The number of ether oxygens (including phenoxy) is 1. The molecule has 7 nitrogen and oxygen atoms in total. The Balaban J connectivity index is 1.29. The van der Waals surface area contributed by atoms with E-state index < -0.39 is 0 Å². The zero-order valence-electron chi connectivity index (χ0n) is 18.9. The van der Waals surface area contributed by atoms with Crippen molar-refractivity contribution in [2.24, 2.45) is 0 Å².